The summed E-state index contributed by atoms with van der Waals surface area (Å²) in [6, 6.07) is 18.4. The summed E-state index contributed by atoms with van der Waals surface area (Å²) in [6.45, 7) is 1.94. The zero-order chi connectivity index (χ0) is 16.0. The highest BCUT2D eigenvalue weighted by Crippen LogP contribution is 2.36. The van der Waals surface area contributed by atoms with Crippen molar-refractivity contribution >= 4 is 38.3 Å². The van der Waals surface area contributed by atoms with Crippen molar-refractivity contribution in [3.05, 3.63) is 66.0 Å². The van der Waals surface area contributed by atoms with Crippen LogP contribution < -0.4 is 0 Å². The fraction of sp³-hybridized carbons (Fsp3) is 0.100. The summed E-state index contributed by atoms with van der Waals surface area (Å²) >= 11 is 0. The minimum atomic E-state index is -0.410. The number of carbonyl (C=O) groups excluding carboxylic acids is 1. The maximum atomic E-state index is 11.9. The molecule has 0 aliphatic rings. The molecule has 3 aromatic carbocycles. The van der Waals surface area contributed by atoms with Gasteiger partial charge < -0.3 is 4.74 Å². The van der Waals surface area contributed by atoms with Crippen molar-refractivity contribution < 1.29 is 9.53 Å². The Morgan fingerprint density at radius 2 is 1.39 bits per heavy atom. The van der Waals surface area contributed by atoms with Crippen LogP contribution in [0.4, 0.5) is 0 Å². The van der Waals surface area contributed by atoms with Crippen molar-refractivity contribution in [2.75, 3.05) is 7.11 Å². The number of rotatable bonds is 1. The summed E-state index contributed by atoms with van der Waals surface area (Å²) < 4.78 is 4.84. The van der Waals surface area contributed by atoms with Gasteiger partial charge in [-0.3, -0.25) is 0 Å². The highest BCUT2D eigenvalue weighted by molar-refractivity contribution is 6.26. The van der Waals surface area contributed by atoms with E-state index in [1.807, 2.05) is 37.3 Å². The number of pyridine rings is 1. The van der Waals surface area contributed by atoms with Crippen molar-refractivity contribution in [3.63, 3.8) is 0 Å². The fourth-order valence-corrected chi connectivity index (χ4v) is 3.32. The van der Waals surface area contributed by atoms with Crippen LogP contribution in [-0.2, 0) is 4.74 Å². The van der Waals surface area contributed by atoms with Gasteiger partial charge in [0.15, 0.2) is 0 Å². The second-order valence-electron chi connectivity index (χ2n) is 5.60. The predicted molar refractivity (Wildman–Crippen MR) is 92.8 cm³/mol. The topological polar surface area (TPSA) is 39.2 Å². The highest BCUT2D eigenvalue weighted by Gasteiger charge is 2.15. The number of esters is 1. The lowest BCUT2D eigenvalue weighted by atomic mass is 9.93. The average molecular weight is 301 g/mol. The van der Waals surface area contributed by atoms with Gasteiger partial charge in [-0.15, -0.1) is 0 Å². The van der Waals surface area contributed by atoms with Crippen LogP contribution in [0.3, 0.4) is 0 Å². The van der Waals surface area contributed by atoms with E-state index in [0.29, 0.717) is 5.69 Å². The molecule has 4 aromatic rings. The van der Waals surface area contributed by atoms with E-state index in [9.17, 15) is 4.79 Å². The van der Waals surface area contributed by atoms with Gasteiger partial charge in [-0.25, -0.2) is 9.78 Å². The molecule has 1 heterocycles. The first-order valence-electron chi connectivity index (χ1n) is 7.50. The molecule has 0 spiro atoms. The van der Waals surface area contributed by atoms with E-state index < -0.39 is 5.97 Å². The third-order valence-corrected chi connectivity index (χ3v) is 4.30. The predicted octanol–water partition coefficient (Wildman–Crippen LogP) is 4.64. The molecule has 0 saturated heterocycles. The Morgan fingerprint density at radius 1 is 0.870 bits per heavy atom. The van der Waals surface area contributed by atoms with E-state index in [2.05, 4.69) is 29.2 Å². The van der Waals surface area contributed by atoms with E-state index in [0.717, 1.165) is 27.2 Å². The molecule has 0 aliphatic heterocycles. The lowest BCUT2D eigenvalue weighted by Crippen LogP contribution is -2.05. The molecule has 112 valence electrons. The van der Waals surface area contributed by atoms with E-state index in [1.165, 1.54) is 17.9 Å². The number of hydrogen-bond donors (Lipinski definition) is 0. The van der Waals surface area contributed by atoms with Crippen LogP contribution in [0.25, 0.3) is 32.3 Å². The molecule has 0 bridgehead atoms. The van der Waals surface area contributed by atoms with E-state index >= 15 is 0 Å². The van der Waals surface area contributed by atoms with Gasteiger partial charge in [0.1, 0.15) is 5.69 Å². The zero-order valence-electron chi connectivity index (χ0n) is 13.0. The second-order valence-corrected chi connectivity index (χ2v) is 5.60. The third-order valence-electron chi connectivity index (χ3n) is 4.30. The molecule has 0 amide bonds. The summed E-state index contributed by atoms with van der Waals surface area (Å²) in [5.74, 6) is -0.410. The quantitative estimate of drug-likeness (QED) is 0.380. The largest absolute Gasteiger partial charge is 0.464 e. The molecule has 0 saturated carbocycles. The molecule has 0 aliphatic carbocycles. The van der Waals surface area contributed by atoms with E-state index in [-0.39, 0.29) is 0 Å². The third kappa shape index (κ3) is 1.97. The zero-order valence-corrected chi connectivity index (χ0v) is 13.0. The molecule has 0 fully saturated rings. The molecule has 3 heteroatoms. The molecule has 0 atom stereocenters. The lowest BCUT2D eigenvalue weighted by molar-refractivity contribution is 0.0594. The van der Waals surface area contributed by atoms with Gasteiger partial charge in [0.2, 0.25) is 0 Å². The van der Waals surface area contributed by atoms with Crippen molar-refractivity contribution in [3.8, 4) is 0 Å². The van der Waals surface area contributed by atoms with Crippen molar-refractivity contribution in [1.82, 2.24) is 4.98 Å². The number of methoxy groups -OCH3 is 1. The number of benzene rings is 3. The number of ether oxygens (including phenoxy) is 1. The molecule has 23 heavy (non-hydrogen) atoms. The molecule has 0 unspecified atom stereocenters. The van der Waals surface area contributed by atoms with Gasteiger partial charge in [0.05, 0.1) is 7.11 Å². The molecule has 3 nitrogen and oxygen atoms in total. The number of aromatic nitrogens is 1. The minimum absolute atomic E-state index is 0.345. The fourth-order valence-electron chi connectivity index (χ4n) is 3.32. The maximum Gasteiger partial charge on any atom is 0.356 e. The molecule has 1 aromatic heterocycles. The Hall–Kier alpha value is -2.94. The summed E-state index contributed by atoms with van der Waals surface area (Å²) in [6.07, 6.45) is 0. The Morgan fingerprint density at radius 3 is 2.00 bits per heavy atom. The first-order valence-corrected chi connectivity index (χ1v) is 7.50. The Kier molecular flexibility index (Phi) is 3.01. The maximum absolute atomic E-state index is 11.9. The Labute approximate surface area is 133 Å². The first-order chi connectivity index (χ1) is 11.2. The van der Waals surface area contributed by atoms with Crippen LogP contribution in [0.5, 0.6) is 0 Å². The number of hydrogen-bond acceptors (Lipinski definition) is 3. The number of carbonyl (C=O) groups is 1. The average Bonchev–Trinajstić information content (AvgIpc) is 2.60. The van der Waals surface area contributed by atoms with Gasteiger partial charge in [0.25, 0.3) is 0 Å². The summed E-state index contributed by atoms with van der Waals surface area (Å²) in [5, 5.41) is 6.78. The van der Waals surface area contributed by atoms with Gasteiger partial charge in [-0.1, -0.05) is 48.5 Å². The van der Waals surface area contributed by atoms with Crippen LogP contribution >= 0.6 is 0 Å². The van der Waals surface area contributed by atoms with Crippen LogP contribution in [0, 0.1) is 6.92 Å². The van der Waals surface area contributed by atoms with Crippen LogP contribution in [0.1, 0.15) is 16.2 Å². The summed E-state index contributed by atoms with van der Waals surface area (Å²) in [5.41, 5.74) is 1.18. The first kappa shape index (κ1) is 13.7. The van der Waals surface area contributed by atoms with Crippen molar-refractivity contribution in [2.24, 2.45) is 0 Å². The molecule has 4 rings (SSSR count). The summed E-state index contributed by atoms with van der Waals surface area (Å²) in [4.78, 5) is 16.4. The molecule has 0 N–H and O–H groups in total. The SMILES string of the molecule is COC(=O)c1cc2c3ccccc3c3ccccc3c2c(C)n1. The van der Waals surface area contributed by atoms with Gasteiger partial charge in [-0.2, -0.15) is 0 Å². The smallest absolute Gasteiger partial charge is 0.356 e. The Balaban J connectivity index is 2.30. The molecular weight excluding hydrogens is 286 g/mol. The number of fused-ring (bicyclic) bond motifs is 6. The van der Waals surface area contributed by atoms with Gasteiger partial charge >= 0.3 is 5.97 Å². The van der Waals surface area contributed by atoms with Gasteiger partial charge in [0, 0.05) is 11.1 Å². The van der Waals surface area contributed by atoms with Crippen molar-refractivity contribution in [1.29, 1.82) is 0 Å². The monoisotopic (exact) mass is 301 g/mol. The van der Waals surface area contributed by atoms with Crippen LogP contribution in [-0.4, -0.2) is 18.1 Å². The lowest BCUT2D eigenvalue weighted by Gasteiger charge is -2.13. The number of aryl methyl sites for hydroxylation is 1. The standard InChI is InChI=1S/C20H15NO2/c1-12-19-16-10-6-5-8-14(16)13-7-3-4-9-15(13)17(19)11-18(21-12)20(22)23-2/h3-11H,1-2H3. The summed E-state index contributed by atoms with van der Waals surface area (Å²) in [7, 11) is 1.38. The molecule has 0 radical (unpaired) electrons. The van der Waals surface area contributed by atoms with E-state index in [4.69, 9.17) is 4.74 Å². The minimum Gasteiger partial charge on any atom is -0.464 e. The normalized spacial score (nSPS) is 11.2. The van der Waals surface area contributed by atoms with Crippen molar-refractivity contribution in [2.45, 2.75) is 6.92 Å². The number of nitrogens with zero attached hydrogens (tertiary/aromatic N) is 1. The van der Waals surface area contributed by atoms with Gasteiger partial charge in [-0.05, 0) is 39.9 Å². The van der Waals surface area contributed by atoms with Crippen LogP contribution in [0.15, 0.2) is 54.6 Å². The van der Waals surface area contributed by atoms with E-state index in [1.54, 1.807) is 0 Å². The second kappa shape index (κ2) is 5.06. The highest BCUT2D eigenvalue weighted by atomic mass is 16.5. The molecular formula is C20H15NO2. The Bertz CT molecular complexity index is 1080. The van der Waals surface area contributed by atoms with Crippen LogP contribution in [0.2, 0.25) is 0 Å².